The van der Waals surface area contributed by atoms with Gasteiger partial charge in [0.05, 0.1) is 0 Å². The Bertz CT molecular complexity index is 1140. The third-order valence-electron chi connectivity index (χ3n) is 12.3. The molecule has 1 atom stereocenters. The Labute approximate surface area is 403 Å². The highest BCUT2D eigenvalue weighted by Gasteiger charge is 2.19. The van der Waals surface area contributed by atoms with Crippen molar-refractivity contribution in [1.29, 1.82) is 0 Å². The molecule has 0 aliphatic rings. The first-order chi connectivity index (χ1) is 32.0. The number of carbonyl (C=O) groups is 3. The molecule has 0 bridgehead atoms. The maximum absolute atomic E-state index is 12.8. The smallest absolute Gasteiger partial charge is 0.306 e. The Balaban J connectivity index is 4.13. The van der Waals surface area contributed by atoms with Gasteiger partial charge in [0.1, 0.15) is 13.2 Å². The molecule has 0 fully saturated rings. The number of ether oxygens (including phenoxy) is 3. The first-order valence-corrected chi connectivity index (χ1v) is 28.1. The highest BCUT2D eigenvalue weighted by molar-refractivity contribution is 5.71. The van der Waals surface area contributed by atoms with Crippen molar-refractivity contribution in [1.82, 2.24) is 0 Å². The number of esters is 3. The summed E-state index contributed by atoms with van der Waals surface area (Å²) in [5.41, 5.74) is 0. The van der Waals surface area contributed by atoms with Crippen LogP contribution in [-0.4, -0.2) is 37.2 Å². The van der Waals surface area contributed by atoms with E-state index in [2.05, 4.69) is 69.4 Å². The molecule has 0 saturated heterocycles. The molecule has 378 valence electrons. The van der Waals surface area contributed by atoms with Crippen molar-refractivity contribution in [3.8, 4) is 0 Å². The van der Waals surface area contributed by atoms with Crippen LogP contribution in [-0.2, 0) is 28.6 Å². The molecule has 1 unspecified atom stereocenters. The first-order valence-electron chi connectivity index (χ1n) is 28.1. The second kappa shape index (κ2) is 54.0. The van der Waals surface area contributed by atoms with E-state index in [1.807, 2.05) is 0 Å². The monoisotopic (exact) mass is 911 g/mol. The topological polar surface area (TPSA) is 78.9 Å². The summed E-state index contributed by atoms with van der Waals surface area (Å²) in [6.45, 7) is 6.48. The van der Waals surface area contributed by atoms with Crippen molar-refractivity contribution < 1.29 is 28.6 Å². The highest BCUT2D eigenvalue weighted by atomic mass is 16.6. The van der Waals surface area contributed by atoms with Gasteiger partial charge in [-0.3, -0.25) is 14.4 Å². The van der Waals surface area contributed by atoms with E-state index in [-0.39, 0.29) is 37.5 Å². The second-order valence-electron chi connectivity index (χ2n) is 18.8. The van der Waals surface area contributed by atoms with Crippen molar-refractivity contribution in [3.05, 3.63) is 48.6 Å². The Morgan fingerprint density at radius 1 is 0.323 bits per heavy atom. The Kier molecular flexibility index (Phi) is 51.8. The van der Waals surface area contributed by atoms with Gasteiger partial charge in [-0.2, -0.15) is 0 Å². The molecule has 0 heterocycles. The van der Waals surface area contributed by atoms with Crippen LogP contribution >= 0.6 is 0 Å². The van der Waals surface area contributed by atoms with Crippen molar-refractivity contribution in [2.75, 3.05) is 13.2 Å². The molecule has 0 radical (unpaired) electrons. The van der Waals surface area contributed by atoms with E-state index in [9.17, 15) is 14.4 Å². The van der Waals surface area contributed by atoms with Gasteiger partial charge >= 0.3 is 17.9 Å². The molecule has 0 aromatic rings. The molecule has 65 heavy (non-hydrogen) atoms. The summed E-state index contributed by atoms with van der Waals surface area (Å²) < 4.78 is 16.7. The number of unbranched alkanes of at least 4 members (excludes halogenated alkanes) is 32. The molecule has 0 spiro atoms. The van der Waals surface area contributed by atoms with E-state index in [1.165, 1.54) is 167 Å². The van der Waals surface area contributed by atoms with E-state index < -0.39 is 6.10 Å². The van der Waals surface area contributed by atoms with Crippen LogP contribution in [0.1, 0.15) is 290 Å². The second-order valence-corrected chi connectivity index (χ2v) is 18.8. The molecule has 6 nitrogen and oxygen atoms in total. The van der Waals surface area contributed by atoms with Crippen LogP contribution in [0.3, 0.4) is 0 Å². The normalized spacial score (nSPS) is 12.4. The SMILES string of the molecule is CC/C=C\C/C=C\C/C=C\C/C=C\CCCCC(=O)OC(COC(=O)CCCCCCCCC)COC(=O)CCCCCCCCCCCCCCCCCCCCCCCCCCC. The maximum Gasteiger partial charge on any atom is 0.306 e. The van der Waals surface area contributed by atoms with E-state index in [0.717, 1.165) is 77.0 Å². The van der Waals surface area contributed by atoms with Crippen LogP contribution in [0.2, 0.25) is 0 Å². The minimum absolute atomic E-state index is 0.0866. The summed E-state index contributed by atoms with van der Waals surface area (Å²) in [6.07, 6.45) is 65.7. The lowest BCUT2D eigenvalue weighted by molar-refractivity contribution is -0.167. The summed E-state index contributed by atoms with van der Waals surface area (Å²) >= 11 is 0. The van der Waals surface area contributed by atoms with E-state index in [1.54, 1.807) is 0 Å². The number of hydrogen-bond acceptors (Lipinski definition) is 6. The highest BCUT2D eigenvalue weighted by Crippen LogP contribution is 2.17. The van der Waals surface area contributed by atoms with Gasteiger partial charge < -0.3 is 14.2 Å². The van der Waals surface area contributed by atoms with E-state index >= 15 is 0 Å². The number of hydrogen-bond donors (Lipinski definition) is 0. The fourth-order valence-corrected chi connectivity index (χ4v) is 8.14. The van der Waals surface area contributed by atoms with Crippen molar-refractivity contribution in [3.63, 3.8) is 0 Å². The fraction of sp³-hybridized carbons (Fsp3) is 0.814. The van der Waals surface area contributed by atoms with Crippen LogP contribution in [0.25, 0.3) is 0 Å². The molecular weight excluding hydrogens is 805 g/mol. The lowest BCUT2D eigenvalue weighted by Crippen LogP contribution is -2.30. The van der Waals surface area contributed by atoms with Gasteiger partial charge in [-0.05, 0) is 57.8 Å². The van der Waals surface area contributed by atoms with E-state index in [0.29, 0.717) is 19.3 Å². The van der Waals surface area contributed by atoms with Crippen molar-refractivity contribution in [2.45, 2.75) is 297 Å². The minimum atomic E-state index is -0.789. The van der Waals surface area contributed by atoms with Gasteiger partial charge in [0.15, 0.2) is 6.10 Å². The standard InChI is InChI=1S/C59H106O6/c1-4-7-10-13-16-18-20-22-24-25-26-27-28-29-30-31-32-33-35-36-38-40-43-46-49-52-58(61)64-55-56(54-63-57(60)51-48-45-42-15-12-9-6-3)65-59(62)53-50-47-44-41-39-37-34-23-21-19-17-14-11-8-5-2/h8,11,17,19,23,34,39,41,56H,4-7,9-10,12-16,18,20-22,24-33,35-38,40,42-55H2,1-3H3/b11-8-,19-17-,34-23-,41-39-. The predicted molar refractivity (Wildman–Crippen MR) is 279 cm³/mol. The molecule has 0 N–H and O–H groups in total. The van der Waals surface area contributed by atoms with Crippen molar-refractivity contribution >= 4 is 17.9 Å². The summed E-state index contributed by atoms with van der Waals surface area (Å²) in [4.78, 5) is 37.8. The zero-order chi connectivity index (χ0) is 47.2. The zero-order valence-corrected chi connectivity index (χ0v) is 43.3. The molecule has 0 aromatic heterocycles. The quantitative estimate of drug-likeness (QED) is 0.0262. The summed E-state index contributed by atoms with van der Waals surface area (Å²) in [5.74, 6) is -0.925. The van der Waals surface area contributed by atoms with Gasteiger partial charge in [-0.1, -0.05) is 262 Å². The van der Waals surface area contributed by atoms with Gasteiger partial charge in [-0.25, -0.2) is 0 Å². The molecule has 0 aliphatic carbocycles. The van der Waals surface area contributed by atoms with Crippen LogP contribution in [0.5, 0.6) is 0 Å². The van der Waals surface area contributed by atoms with Crippen molar-refractivity contribution in [2.24, 2.45) is 0 Å². The molecule has 0 rings (SSSR count). The lowest BCUT2D eigenvalue weighted by atomic mass is 10.0. The van der Waals surface area contributed by atoms with Crippen LogP contribution in [0.15, 0.2) is 48.6 Å². The predicted octanol–water partition coefficient (Wildman–Crippen LogP) is 18.7. The molecule has 0 saturated carbocycles. The zero-order valence-electron chi connectivity index (χ0n) is 43.3. The van der Waals surface area contributed by atoms with Crippen LogP contribution in [0, 0.1) is 0 Å². The average Bonchev–Trinajstić information content (AvgIpc) is 3.30. The molecule has 0 aliphatic heterocycles. The van der Waals surface area contributed by atoms with Gasteiger partial charge in [0.2, 0.25) is 0 Å². The summed E-state index contributed by atoms with van der Waals surface area (Å²) in [7, 11) is 0. The molecule has 0 amide bonds. The van der Waals surface area contributed by atoms with Gasteiger partial charge in [0, 0.05) is 19.3 Å². The lowest BCUT2D eigenvalue weighted by Gasteiger charge is -2.18. The number of carbonyl (C=O) groups excluding carboxylic acids is 3. The summed E-state index contributed by atoms with van der Waals surface area (Å²) in [5, 5.41) is 0. The van der Waals surface area contributed by atoms with Crippen LogP contribution < -0.4 is 0 Å². The largest absolute Gasteiger partial charge is 0.462 e. The first kappa shape index (κ1) is 62.4. The Morgan fingerprint density at radius 2 is 0.600 bits per heavy atom. The third-order valence-corrected chi connectivity index (χ3v) is 12.3. The molecule has 0 aromatic carbocycles. The Morgan fingerprint density at radius 3 is 0.938 bits per heavy atom. The summed E-state index contributed by atoms with van der Waals surface area (Å²) in [6, 6.07) is 0. The van der Waals surface area contributed by atoms with Gasteiger partial charge in [0.25, 0.3) is 0 Å². The average molecular weight is 911 g/mol. The Hall–Kier alpha value is -2.63. The molecule has 6 heteroatoms. The number of allylic oxidation sites excluding steroid dienone is 8. The van der Waals surface area contributed by atoms with Gasteiger partial charge in [-0.15, -0.1) is 0 Å². The van der Waals surface area contributed by atoms with Crippen LogP contribution in [0.4, 0.5) is 0 Å². The third kappa shape index (κ3) is 52.2. The maximum atomic E-state index is 12.8. The van der Waals surface area contributed by atoms with E-state index in [4.69, 9.17) is 14.2 Å². The molecular formula is C59H106O6. The fourth-order valence-electron chi connectivity index (χ4n) is 8.14. The number of rotatable bonds is 51. The minimum Gasteiger partial charge on any atom is -0.462 e.